The molecule has 5 heteroatoms. The summed E-state index contributed by atoms with van der Waals surface area (Å²) in [4.78, 5) is 17.4. The number of carbonyl (C=O) groups is 1. The maximum Gasteiger partial charge on any atom is 0.269 e. The average Bonchev–Trinajstić information content (AvgIpc) is 2.79. The minimum absolute atomic E-state index is 0.0741. The Kier molecular flexibility index (Phi) is 4.04. The fourth-order valence-corrected chi connectivity index (χ4v) is 2.18. The number of amides is 1. The van der Waals surface area contributed by atoms with Crippen molar-refractivity contribution in [2.75, 3.05) is 14.2 Å². The van der Waals surface area contributed by atoms with E-state index in [2.05, 4.69) is 4.99 Å². The molecule has 1 amide bonds. The van der Waals surface area contributed by atoms with Gasteiger partial charge in [-0.05, 0) is 18.6 Å². The molecule has 0 radical (unpaired) electrons. The summed E-state index contributed by atoms with van der Waals surface area (Å²) < 4.78 is 10.5. The van der Waals surface area contributed by atoms with Crippen molar-refractivity contribution in [2.45, 2.75) is 25.9 Å². The lowest BCUT2D eigenvalue weighted by atomic mass is 10.1. The number of nitrogens with zero attached hydrogens (tertiary/aromatic N) is 2. The van der Waals surface area contributed by atoms with E-state index < -0.39 is 0 Å². The van der Waals surface area contributed by atoms with Gasteiger partial charge in [0.25, 0.3) is 5.91 Å². The predicted octanol–water partition coefficient (Wildman–Crippen LogP) is 1.85. The van der Waals surface area contributed by atoms with Crippen LogP contribution >= 0.6 is 0 Å². The first-order valence-corrected chi connectivity index (χ1v) is 6.24. The molecule has 19 heavy (non-hydrogen) atoms. The van der Waals surface area contributed by atoms with E-state index in [1.807, 2.05) is 30.0 Å². The van der Waals surface area contributed by atoms with Crippen molar-refractivity contribution in [3.63, 3.8) is 0 Å². The number of aliphatic imine (C=N–C) groups is 1. The van der Waals surface area contributed by atoms with Crippen molar-refractivity contribution in [1.29, 1.82) is 0 Å². The lowest BCUT2D eigenvalue weighted by Crippen LogP contribution is -2.33. The molecule has 102 valence electrons. The van der Waals surface area contributed by atoms with Crippen LogP contribution in [0.1, 0.15) is 18.9 Å². The van der Waals surface area contributed by atoms with E-state index in [1.54, 1.807) is 20.6 Å². The average molecular weight is 262 g/mol. The Labute approximate surface area is 112 Å². The number of carbonyl (C=O) groups excluding carboxylic acids is 1. The van der Waals surface area contributed by atoms with Gasteiger partial charge in [-0.3, -0.25) is 4.79 Å². The van der Waals surface area contributed by atoms with E-state index in [0.717, 1.165) is 23.5 Å². The van der Waals surface area contributed by atoms with Gasteiger partial charge < -0.3 is 14.4 Å². The monoisotopic (exact) mass is 262 g/mol. The first-order chi connectivity index (χ1) is 9.19. The summed E-state index contributed by atoms with van der Waals surface area (Å²) in [6.45, 7) is 2.58. The smallest absolute Gasteiger partial charge is 0.269 e. The van der Waals surface area contributed by atoms with Gasteiger partial charge in [0, 0.05) is 18.2 Å². The summed E-state index contributed by atoms with van der Waals surface area (Å²) in [7, 11) is 3.24. The summed E-state index contributed by atoms with van der Waals surface area (Å²) in [5.41, 5.74) is 1.00. The topological polar surface area (TPSA) is 51.1 Å². The zero-order valence-electron chi connectivity index (χ0n) is 11.4. The van der Waals surface area contributed by atoms with Crippen LogP contribution in [0.3, 0.4) is 0 Å². The van der Waals surface area contributed by atoms with Crippen molar-refractivity contribution in [2.24, 2.45) is 4.99 Å². The van der Waals surface area contributed by atoms with Crippen LogP contribution in [-0.4, -0.2) is 37.4 Å². The largest absolute Gasteiger partial charge is 0.497 e. The molecule has 0 N–H and O–H groups in total. The molecule has 0 aliphatic carbocycles. The second-order valence-corrected chi connectivity index (χ2v) is 4.36. The summed E-state index contributed by atoms with van der Waals surface area (Å²) in [5.74, 6) is 1.43. The molecular formula is C14H18N2O3. The highest BCUT2D eigenvalue weighted by Gasteiger charge is 2.27. The molecule has 1 heterocycles. The van der Waals surface area contributed by atoms with Crippen LogP contribution in [0.25, 0.3) is 0 Å². The van der Waals surface area contributed by atoms with Crippen molar-refractivity contribution in [3.05, 3.63) is 23.8 Å². The highest BCUT2D eigenvalue weighted by atomic mass is 16.5. The first-order valence-electron chi connectivity index (χ1n) is 6.24. The highest BCUT2D eigenvalue weighted by molar-refractivity contribution is 5.94. The zero-order chi connectivity index (χ0) is 13.8. The maximum atomic E-state index is 11.6. The fourth-order valence-electron chi connectivity index (χ4n) is 2.18. The second kappa shape index (κ2) is 5.73. The predicted molar refractivity (Wildman–Crippen MR) is 72.7 cm³/mol. The van der Waals surface area contributed by atoms with Crippen LogP contribution in [0.2, 0.25) is 0 Å². The van der Waals surface area contributed by atoms with Crippen LogP contribution in [0.5, 0.6) is 11.5 Å². The van der Waals surface area contributed by atoms with Crippen LogP contribution in [0, 0.1) is 0 Å². The summed E-state index contributed by atoms with van der Waals surface area (Å²) >= 11 is 0. The van der Waals surface area contributed by atoms with Crippen molar-refractivity contribution < 1.29 is 14.3 Å². The van der Waals surface area contributed by atoms with Gasteiger partial charge in [-0.2, -0.15) is 0 Å². The van der Waals surface area contributed by atoms with Gasteiger partial charge in [-0.15, -0.1) is 0 Å². The van der Waals surface area contributed by atoms with Crippen LogP contribution in [0.4, 0.5) is 0 Å². The standard InChI is InChI=1S/C14H18N2O3/c1-4-12-14(17)15-9-16(12)8-10-5-6-11(18-2)7-13(10)19-3/h5-7,9,12H,4,8H2,1-3H3. The van der Waals surface area contributed by atoms with Gasteiger partial charge in [-0.25, -0.2) is 4.99 Å². The van der Waals surface area contributed by atoms with Gasteiger partial charge in [0.1, 0.15) is 17.5 Å². The highest BCUT2D eigenvalue weighted by Crippen LogP contribution is 2.27. The molecule has 1 aliphatic rings. The zero-order valence-corrected chi connectivity index (χ0v) is 11.4. The minimum atomic E-state index is -0.160. The number of ether oxygens (including phenoxy) is 2. The number of hydrogen-bond donors (Lipinski definition) is 0. The van der Waals surface area contributed by atoms with Gasteiger partial charge in [0.2, 0.25) is 0 Å². The Morgan fingerprint density at radius 1 is 1.32 bits per heavy atom. The van der Waals surface area contributed by atoms with E-state index >= 15 is 0 Å². The molecule has 1 unspecified atom stereocenters. The molecule has 0 aromatic heterocycles. The molecule has 0 fully saturated rings. The van der Waals surface area contributed by atoms with Crippen molar-refractivity contribution in [1.82, 2.24) is 4.90 Å². The van der Waals surface area contributed by atoms with Gasteiger partial charge >= 0.3 is 0 Å². The number of hydrogen-bond acceptors (Lipinski definition) is 4. The number of methoxy groups -OCH3 is 2. The van der Waals surface area contributed by atoms with Crippen LogP contribution in [-0.2, 0) is 11.3 Å². The normalized spacial score (nSPS) is 17.9. The molecule has 1 aliphatic heterocycles. The van der Waals surface area contributed by atoms with E-state index in [0.29, 0.717) is 6.54 Å². The Morgan fingerprint density at radius 3 is 2.74 bits per heavy atom. The molecule has 1 atom stereocenters. The third kappa shape index (κ3) is 2.70. The Hall–Kier alpha value is -2.04. The molecule has 5 nitrogen and oxygen atoms in total. The molecule has 0 spiro atoms. The fraction of sp³-hybridized carbons (Fsp3) is 0.429. The third-order valence-corrected chi connectivity index (χ3v) is 3.25. The summed E-state index contributed by atoms with van der Waals surface area (Å²) in [5, 5.41) is 0. The molecule has 2 rings (SSSR count). The maximum absolute atomic E-state index is 11.6. The van der Waals surface area contributed by atoms with E-state index in [9.17, 15) is 4.79 Å². The molecule has 1 aromatic carbocycles. The first kappa shape index (κ1) is 13.4. The Balaban J connectivity index is 2.19. The third-order valence-electron chi connectivity index (χ3n) is 3.25. The lowest BCUT2D eigenvalue weighted by Gasteiger charge is -2.22. The molecule has 0 saturated heterocycles. The molecule has 0 bridgehead atoms. The van der Waals surface area contributed by atoms with Crippen molar-refractivity contribution >= 4 is 12.2 Å². The number of benzene rings is 1. The van der Waals surface area contributed by atoms with E-state index in [1.165, 1.54) is 0 Å². The van der Waals surface area contributed by atoms with Gasteiger partial charge in [0.05, 0.1) is 20.6 Å². The molecular weight excluding hydrogens is 244 g/mol. The summed E-state index contributed by atoms with van der Waals surface area (Å²) in [6.07, 6.45) is 2.36. The van der Waals surface area contributed by atoms with Gasteiger partial charge in [-0.1, -0.05) is 6.92 Å². The van der Waals surface area contributed by atoms with Crippen LogP contribution < -0.4 is 9.47 Å². The quantitative estimate of drug-likeness (QED) is 0.812. The van der Waals surface area contributed by atoms with Crippen molar-refractivity contribution in [3.8, 4) is 11.5 Å². The summed E-state index contributed by atoms with van der Waals surface area (Å²) in [6, 6.07) is 5.51. The Morgan fingerprint density at radius 2 is 2.11 bits per heavy atom. The lowest BCUT2D eigenvalue weighted by molar-refractivity contribution is -0.120. The van der Waals surface area contributed by atoms with E-state index in [4.69, 9.17) is 9.47 Å². The van der Waals surface area contributed by atoms with E-state index in [-0.39, 0.29) is 11.9 Å². The van der Waals surface area contributed by atoms with Gasteiger partial charge in [0.15, 0.2) is 0 Å². The molecule has 0 saturated carbocycles. The minimum Gasteiger partial charge on any atom is -0.497 e. The number of rotatable bonds is 5. The second-order valence-electron chi connectivity index (χ2n) is 4.36. The van der Waals surface area contributed by atoms with Crippen LogP contribution in [0.15, 0.2) is 23.2 Å². The molecule has 1 aromatic rings. The Bertz CT molecular complexity index is 499. The SMILES string of the molecule is CCC1C(=O)N=CN1Cc1ccc(OC)cc1OC.